The van der Waals surface area contributed by atoms with Gasteiger partial charge < -0.3 is 35.0 Å². The van der Waals surface area contributed by atoms with Crippen LogP contribution in [0.15, 0.2) is 11.6 Å². The molecule has 0 bridgehead atoms. The van der Waals surface area contributed by atoms with Crippen molar-refractivity contribution in [2.75, 3.05) is 13.2 Å². The van der Waals surface area contributed by atoms with Gasteiger partial charge in [-0.1, -0.05) is 19.4 Å². The summed E-state index contributed by atoms with van der Waals surface area (Å²) in [7, 11) is 0. The van der Waals surface area contributed by atoms with Crippen molar-refractivity contribution in [1.82, 2.24) is 0 Å². The van der Waals surface area contributed by atoms with Crippen LogP contribution in [0.1, 0.15) is 39.5 Å². The number of fused-ring (bicyclic) bond motifs is 1. The van der Waals surface area contributed by atoms with E-state index in [1.807, 2.05) is 0 Å². The number of hydrogen-bond acceptors (Lipinski definition) is 8. The summed E-state index contributed by atoms with van der Waals surface area (Å²) in [5, 5.41) is 49.9. The zero-order chi connectivity index (χ0) is 20.0. The molecule has 1 aliphatic heterocycles. The molecule has 1 saturated carbocycles. The number of aliphatic hydroxyl groups excluding tert-OH is 4. The van der Waals surface area contributed by atoms with Crippen molar-refractivity contribution in [3.05, 3.63) is 11.6 Å². The summed E-state index contributed by atoms with van der Waals surface area (Å²) >= 11 is 0. The lowest BCUT2D eigenvalue weighted by atomic mass is 9.60. The Morgan fingerprint density at radius 2 is 1.89 bits per heavy atom. The monoisotopic (exact) mass is 386 g/mol. The van der Waals surface area contributed by atoms with Gasteiger partial charge in [-0.2, -0.15) is 0 Å². The Balaban J connectivity index is 1.65. The Bertz CT molecular complexity index is 601. The molecule has 1 saturated heterocycles. The summed E-state index contributed by atoms with van der Waals surface area (Å²) in [6.07, 6.45) is -3.19. The largest absolute Gasteiger partial charge is 0.394 e. The van der Waals surface area contributed by atoms with E-state index >= 15 is 0 Å². The molecule has 0 radical (unpaired) electrons. The zero-order valence-electron chi connectivity index (χ0n) is 15.7. The molecule has 5 N–H and O–H groups in total. The van der Waals surface area contributed by atoms with Gasteiger partial charge in [0.25, 0.3) is 0 Å². The molecule has 1 unspecified atom stereocenters. The van der Waals surface area contributed by atoms with Crippen LogP contribution in [0.5, 0.6) is 0 Å². The Hall–Kier alpha value is -0.870. The minimum absolute atomic E-state index is 0.0605. The van der Waals surface area contributed by atoms with Gasteiger partial charge >= 0.3 is 0 Å². The van der Waals surface area contributed by atoms with Gasteiger partial charge in [0, 0.05) is 12.8 Å². The molecule has 8 heteroatoms. The van der Waals surface area contributed by atoms with E-state index in [2.05, 4.69) is 13.8 Å². The SMILES string of the molecule is CC1(C)CC(=O)C=C2C[C@@](O)(CO[C@H]3O[C@H](CO)[C@@H](O)[C@H](O)[C@H]3O)CCC21. The van der Waals surface area contributed by atoms with Crippen molar-refractivity contribution in [2.45, 2.75) is 75.8 Å². The number of carbonyl (C=O) groups excluding carboxylic acids is 1. The van der Waals surface area contributed by atoms with Crippen LogP contribution in [0.4, 0.5) is 0 Å². The number of ether oxygens (including phenoxy) is 2. The molecule has 2 fully saturated rings. The minimum Gasteiger partial charge on any atom is -0.394 e. The van der Waals surface area contributed by atoms with Crippen molar-refractivity contribution in [3.8, 4) is 0 Å². The third kappa shape index (κ3) is 4.12. The fraction of sp³-hybridized carbons (Fsp3) is 0.842. The fourth-order valence-electron chi connectivity index (χ4n) is 4.63. The highest BCUT2D eigenvalue weighted by atomic mass is 16.7. The summed E-state index contributed by atoms with van der Waals surface area (Å²) in [5.41, 5.74) is -0.433. The van der Waals surface area contributed by atoms with E-state index in [1.54, 1.807) is 6.08 Å². The fourth-order valence-corrected chi connectivity index (χ4v) is 4.63. The molecule has 0 aromatic heterocycles. The Labute approximate surface area is 158 Å². The second-order valence-electron chi connectivity index (χ2n) is 8.85. The summed E-state index contributed by atoms with van der Waals surface area (Å²) in [5.74, 6) is 0.299. The molecule has 0 spiro atoms. The third-order valence-electron chi connectivity index (χ3n) is 6.16. The van der Waals surface area contributed by atoms with Gasteiger partial charge in [0.05, 0.1) is 18.8 Å². The highest BCUT2D eigenvalue weighted by Crippen LogP contribution is 2.49. The van der Waals surface area contributed by atoms with E-state index < -0.39 is 42.9 Å². The molecule has 0 aromatic carbocycles. The van der Waals surface area contributed by atoms with Crippen molar-refractivity contribution in [3.63, 3.8) is 0 Å². The van der Waals surface area contributed by atoms with Crippen molar-refractivity contribution < 1.29 is 39.8 Å². The molecular formula is C19H30O8. The van der Waals surface area contributed by atoms with Crippen molar-refractivity contribution >= 4 is 5.78 Å². The van der Waals surface area contributed by atoms with Crippen molar-refractivity contribution in [2.24, 2.45) is 11.3 Å². The Morgan fingerprint density at radius 3 is 2.56 bits per heavy atom. The molecule has 3 aliphatic rings. The lowest BCUT2D eigenvalue weighted by Gasteiger charge is -2.47. The van der Waals surface area contributed by atoms with Crippen LogP contribution in [-0.2, 0) is 14.3 Å². The number of ketones is 1. The topological polar surface area (TPSA) is 137 Å². The average Bonchev–Trinajstić information content (AvgIpc) is 2.58. The number of rotatable bonds is 4. The molecular weight excluding hydrogens is 356 g/mol. The smallest absolute Gasteiger partial charge is 0.186 e. The van der Waals surface area contributed by atoms with Crippen LogP contribution in [0, 0.1) is 11.3 Å². The Kier molecular flexibility index (Phi) is 5.80. The maximum Gasteiger partial charge on any atom is 0.186 e. The second-order valence-corrected chi connectivity index (χ2v) is 8.85. The Morgan fingerprint density at radius 1 is 1.19 bits per heavy atom. The molecule has 1 heterocycles. The first-order chi connectivity index (χ1) is 12.6. The summed E-state index contributed by atoms with van der Waals surface area (Å²) in [4.78, 5) is 12.0. The number of allylic oxidation sites excluding steroid dienone is 1. The standard InChI is InChI=1S/C19H30O8/c1-18(2)7-11(21)5-10-6-19(25,4-3-12(10)18)9-26-17-16(24)15(23)14(22)13(8-20)27-17/h5,12-17,20,22-25H,3-4,6-9H2,1-2H3/t12?,13-,14-,15+,16-,17+,19-/m1/s1. The maximum absolute atomic E-state index is 12.0. The predicted octanol–water partition coefficient (Wildman–Crippen LogP) is -0.740. The van der Waals surface area contributed by atoms with Gasteiger partial charge in [0.15, 0.2) is 12.1 Å². The van der Waals surface area contributed by atoms with Crippen LogP contribution in [0.25, 0.3) is 0 Å². The predicted molar refractivity (Wildman–Crippen MR) is 93.5 cm³/mol. The van der Waals surface area contributed by atoms with E-state index in [4.69, 9.17) is 9.47 Å². The van der Waals surface area contributed by atoms with Gasteiger partial charge in [0.2, 0.25) is 0 Å². The quantitative estimate of drug-likeness (QED) is 0.426. The van der Waals surface area contributed by atoms with E-state index in [0.717, 1.165) is 12.0 Å². The lowest BCUT2D eigenvalue weighted by molar-refractivity contribution is -0.309. The molecule has 2 aliphatic carbocycles. The normalized spacial score (nSPS) is 44.6. The number of carbonyl (C=O) groups is 1. The average molecular weight is 386 g/mol. The first kappa shape index (κ1) is 20.9. The molecule has 8 nitrogen and oxygen atoms in total. The molecule has 154 valence electrons. The van der Waals surface area contributed by atoms with E-state index in [1.165, 1.54) is 0 Å². The van der Waals surface area contributed by atoms with Crippen molar-refractivity contribution in [1.29, 1.82) is 0 Å². The molecule has 27 heavy (non-hydrogen) atoms. The molecule has 0 amide bonds. The van der Waals surface area contributed by atoms with Crippen LogP contribution in [0.2, 0.25) is 0 Å². The molecule has 3 rings (SSSR count). The van der Waals surface area contributed by atoms with Gasteiger partial charge in [-0.25, -0.2) is 0 Å². The first-order valence-electron chi connectivity index (χ1n) is 9.44. The highest BCUT2D eigenvalue weighted by Gasteiger charge is 2.47. The summed E-state index contributed by atoms with van der Waals surface area (Å²) in [6.45, 7) is 3.43. The summed E-state index contributed by atoms with van der Waals surface area (Å²) in [6, 6.07) is 0. The van der Waals surface area contributed by atoms with Gasteiger partial charge in [0.1, 0.15) is 24.4 Å². The first-order valence-corrected chi connectivity index (χ1v) is 9.44. The van der Waals surface area contributed by atoms with E-state index in [0.29, 0.717) is 19.3 Å². The minimum atomic E-state index is -1.52. The highest BCUT2D eigenvalue weighted by molar-refractivity contribution is 5.92. The second kappa shape index (κ2) is 7.51. The van der Waals surface area contributed by atoms with Gasteiger partial charge in [-0.15, -0.1) is 0 Å². The lowest BCUT2D eigenvalue weighted by Crippen LogP contribution is -2.59. The zero-order valence-corrected chi connectivity index (χ0v) is 15.7. The number of aliphatic hydroxyl groups is 5. The van der Waals surface area contributed by atoms with Crippen LogP contribution in [-0.4, -0.2) is 80.8 Å². The van der Waals surface area contributed by atoms with E-state index in [9.17, 15) is 30.3 Å². The van der Waals surface area contributed by atoms with Gasteiger partial charge in [-0.05, 0) is 30.3 Å². The summed E-state index contributed by atoms with van der Waals surface area (Å²) < 4.78 is 10.8. The van der Waals surface area contributed by atoms with Crippen LogP contribution in [0.3, 0.4) is 0 Å². The van der Waals surface area contributed by atoms with Crippen LogP contribution < -0.4 is 0 Å². The van der Waals surface area contributed by atoms with Gasteiger partial charge in [-0.3, -0.25) is 4.79 Å². The third-order valence-corrected chi connectivity index (χ3v) is 6.16. The number of hydrogen-bond donors (Lipinski definition) is 5. The maximum atomic E-state index is 12.0. The molecule has 0 aromatic rings. The van der Waals surface area contributed by atoms with E-state index in [-0.39, 0.29) is 23.7 Å². The van der Waals surface area contributed by atoms with Crippen LogP contribution >= 0.6 is 0 Å². The molecule has 7 atom stereocenters.